The molecule has 0 spiro atoms. The fraction of sp³-hybridized carbons (Fsp3) is 0.588. The number of hydrogen-bond acceptors (Lipinski definition) is 3. The Hall–Kier alpha value is -1.55. The summed E-state index contributed by atoms with van der Waals surface area (Å²) in [6.45, 7) is 10.2. The third-order valence-electron chi connectivity index (χ3n) is 4.63. The number of piperazine rings is 1. The van der Waals surface area contributed by atoms with Crippen LogP contribution in [0, 0.1) is 13.8 Å². The standard InChI is InChI=1S/C17H26N2O2/c1-4-15(12-17(20)21)18-8-10-19(11-9-18)16-7-5-6-13(2)14(16)3/h5-7,15H,4,8-12H2,1-3H3,(H,20,21). The molecule has 1 fully saturated rings. The predicted octanol–water partition coefficient (Wildman–Crippen LogP) is 2.68. The van der Waals surface area contributed by atoms with E-state index in [1.165, 1.54) is 16.8 Å². The number of anilines is 1. The molecule has 1 aromatic rings. The van der Waals surface area contributed by atoms with Crippen LogP contribution in [-0.2, 0) is 4.79 Å². The van der Waals surface area contributed by atoms with Crippen LogP contribution >= 0.6 is 0 Å². The van der Waals surface area contributed by atoms with Crippen LogP contribution < -0.4 is 4.90 Å². The molecule has 1 unspecified atom stereocenters. The number of benzene rings is 1. The van der Waals surface area contributed by atoms with E-state index >= 15 is 0 Å². The van der Waals surface area contributed by atoms with Gasteiger partial charge in [0.15, 0.2) is 0 Å². The molecule has 0 aromatic heterocycles. The van der Waals surface area contributed by atoms with E-state index in [9.17, 15) is 4.79 Å². The van der Waals surface area contributed by atoms with Crippen LogP contribution in [-0.4, -0.2) is 48.2 Å². The summed E-state index contributed by atoms with van der Waals surface area (Å²) >= 11 is 0. The zero-order chi connectivity index (χ0) is 15.4. The molecular formula is C17H26N2O2. The number of nitrogens with zero attached hydrogens (tertiary/aromatic N) is 2. The van der Waals surface area contributed by atoms with Crippen molar-refractivity contribution in [3.05, 3.63) is 29.3 Å². The summed E-state index contributed by atoms with van der Waals surface area (Å²) in [4.78, 5) is 15.7. The Labute approximate surface area is 127 Å². The van der Waals surface area contributed by atoms with Crippen molar-refractivity contribution in [1.29, 1.82) is 0 Å². The minimum Gasteiger partial charge on any atom is -0.481 e. The largest absolute Gasteiger partial charge is 0.481 e. The highest BCUT2D eigenvalue weighted by Crippen LogP contribution is 2.24. The minimum atomic E-state index is -0.696. The molecule has 1 N–H and O–H groups in total. The Kier molecular flexibility index (Phi) is 5.23. The van der Waals surface area contributed by atoms with Gasteiger partial charge >= 0.3 is 5.97 Å². The second-order valence-electron chi connectivity index (χ2n) is 5.90. The normalized spacial score (nSPS) is 17.8. The van der Waals surface area contributed by atoms with Crippen molar-refractivity contribution in [2.45, 2.75) is 39.7 Å². The highest BCUT2D eigenvalue weighted by atomic mass is 16.4. The highest BCUT2D eigenvalue weighted by molar-refractivity contribution is 5.67. The molecule has 1 aliphatic rings. The number of aryl methyl sites for hydroxylation is 1. The number of aliphatic carboxylic acids is 1. The summed E-state index contributed by atoms with van der Waals surface area (Å²) in [7, 11) is 0. The van der Waals surface area contributed by atoms with Gasteiger partial charge in [-0.25, -0.2) is 0 Å². The maximum Gasteiger partial charge on any atom is 0.304 e. The number of carbonyl (C=O) groups is 1. The van der Waals surface area contributed by atoms with Crippen LogP contribution in [0.25, 0.3) is 0 Å². The Morgan fingerprint density at radius 1 is 1.24 bits per heavy atom. The fourth-order valence-corrected chi connectivity index (χ4v) is 3.14. The van der Waals surface area contributed by atoms with E-state index in [4.69, 9.17) is 5.11 Å². The fourth-order valence-electron chi connectivity index (χ4n) is 3.14. The average molecular weight is 290 g/mol. The van der Waals surface area contributed by atoms with Gasteiger partial charge in [0.1, 0.15) is 0 Å². The van der Waals surface area contributed by atoms with Crippen molar-refractivity contribution < 1.29 is 9.90 Å². The zero-order valence-electron chi connectivity index (χ0n) is 13.3. The van der Waals surface area contributed by atoms with Crippen LogP contribution in [0.5, 0.6) is 0 Å². The lowest BCUT2D eigenvalue weighted by atomic mass is 10.1. The highest BCUT2D eigenvalue weighted by Gasteiger charge is 2.25. The van der Waals surface area contributed by atoms with Gasteiger partial charge < -0.3 is 10.0 Å². The van der Waals surface area contributed by atoms with Crippen LogP contribution in [0.4, 0.5) is 5.69 Å². The van der Waals surface area contributed by atoms with Gasteiger partial charge in [-0.1, -0.05) is 19.1 Å². The molecule has 0 saturated carbocycles. The molecule has 4 nitrogen and oxygen atoms in total. The van der Waals surface area contributed by atoms with E-state index in [0.29, 0.717) is 0 Å². The van der Waals surface area contributed by atoms with Crippen LogP contribution in [0.1, 0.15) is 30.9 Å². The van der Waals surface area contributed by atoms with E-state index in [2.05, 4.69) is 48.8 Å². The molecule has 0 aliphatic carbocycles. The van der Waals surface area contributed by atoms with Crippen molar-refractivity contribution >= 4 is 11.7 Å². The second-order valence-corrected chi connectivity index (χ2v) is 5.90. The molecule has 116 valence electrons. The molecule has 0 bridgehead atoms. The quantitative estimate of drug-likeness (QED) is 0.905. The molecule has 1 aromatic carbocycles. The first-order chi connectivity index (χ1) is 10.0. The average Bonchev–Trinajstić information content (AvgIpc) is 2.48. The molecule has 0 radical (unpaired) electrons. The first kappa shape index (κ1) is 15.8. The molecule has 1 saturated heterocycles. The third-order valence-corrected chi connectivity index (χ3v) is 4.63. The lowest BCUT2D eigenvalue weighted by Crippen LogP contribution is -2.51. The molecular weight excluding hydrogens is 264 g/mol. The monoisotopic (exact) mass is 290 g/mol. The zero-order valence-corrected chi connectivity index (χ0v) is 13.3. The van der Waals surface area contributed by atoms with Crippen molar-refractivity contribution in [2.24, 2.45) is 0 Å². The van der Waals surface area contributed by atoms with Crippen LogP contribution in [0.15, 0.2) is 18.2 Å². The molecule has 1 aliphatic heterocycles. The van der Waals surface area contributed by atoms with Crippen LogP contribution in [0.3, 0.4) is 0 Å². The molecule has 1 atom stereocenters. The van der Waals surface area contributed by atoms with Gasteiger partial charge in [-0.05, 0) is 37.5 Å². The maximum atomic E-state index is 10.9. The summed E-state index contributed by atoms with van der Waals surface area (Å²) in [5.41, 5.74) is 4.00. The lowest BCUT2D eigenvalue weighted by molar-refractivity contribution is -0.138. The second kappa shape index (κ2) is 6.94. The van der Waals surface area contributed by atoms with Gasteiger partial charge in [-0.3, -0.25) is 9.69 Å². The lowest BCUT2D eigenvalue weighted by Gasteiger charge is -2.40. The van der Waals surface area contributed by atoms with Crippen molar-refractivity contribution in [1.82, 2.24) is 4.90 Å². The van der Waals surface area contributed by atoms with Crippen molar-refractivity contribution in [3.8, 4) is 0 Å². The smallest absolute Gasteiger partial charge is 0.304 e. The number of rotatable bonds is 5. The Bertz CT molecular complexity index is 494. The van der Waals surface area contributed by atoms with E-state index in [-0.39, 0.29) is 12.5 Å². The van der Waals surface area contributed by atoms with Gasteiger partial charge in [0.25, 0.3) is 0 Å². The number of hydrogen-bond donors (Lipinski definition) is 1. The molecule has 4 heteroatoms. The predicted molar refractivity (Wildman–Crippen MR) is 86.0 cm³/mol. The SMILES string of the molecule is CCC(CC(=O)O)N1CCN(c2cccc(C)c2C)CC1. The molecule has 21 heavy (non-hydrogen) atoms. The Morgan fingerprint density at radius 2 is 1.90 bits per heavy atom. The summed E-state index contributed by atoms with van der Waals surface area (Å²) in [5, 5.41) is 9.01. The summed E-state index contributed by atoms with van der Waals surface area (Å²) < 4.78 is 0. The maximum absolute atomic E-state index is 10.9. The summed E-state index contributed by atoms with van der Waals surface area (Å²) in [6, 6.07) is 6.62. The number of carboxylic acids is 1. The Morgan fingerprint density at radius 3 is 2.48 bits per heavy atom. The first-order valence-electron chi connectivity index (χ1n) is 7.80. The molecule has 2 rings (SSSR count). The summed E-state index contributed by atoms with van der Waals surface area (Å²) in [6.07, 6.45) is 1.15. The van der Waals surface area contributed by atoms with Gasteiger partial charge in [0.2, 0.25) is 0 Å². The van der Waals surface area contributed by atoms with E-state index in [1.54, 1.807) is 0 Å². The minimum absolute atomic E-state index is 0.170. The van der Waals surface area contributed by atoms with Crippen molar-refractivity contribution in [2.75, 3.05) is 31.1 Å². The van der Waals surface area contributed by atoms with E-state index in [1.807, 2.05) is 0 Å². The topological polar surface area (TPSA) is 43.8 Å². The van der Waals surface area contributed by atoms with Gasteiger partial charge in [0, 0.05) is 37.9 Å². The van der Waals surface area contributed by atoms with Crippen LogP contribution in [0.2, 0.25) is 0 Å². The molecule has 0 amide bonds. The van der Waals surface area contributed by atoms with Crippen molar-refractivity contribution in [3.63, 3.8) is 0 Å². The van der Waals surface area contributed by atoms with E-state index < -0.39 is 5.97 Å². The third kappa shape index (κ3) is 3.76. The summed E-state index contributed by atoms with van der Waals surface area (Å²) in [5.74, 6) is -0.696. The molecule has 1 heterocycles. The van der Waals surface area contributed by atoms with Gasteiger partial charge in [-0.2, -0.15) is 0 Å². The first-order valence-corrected chi connectivity index (χ1v) is 7.80. The van der Waals surface area contributed by atoms with E-state index in [0.717, 1.165) is 32.6 Å². The Balaban J connectivity index is 1.99. The van der Waals surface area contributed by atoms with Gasteiger partial charge in [0.05, 0.1) is 6.42 Å². The van der Waals surface area contributed by atoms with Gasteiger partial charge in [-0.15, -0.1) is 0 Å². The number of carboxylic acid groups (broad SMARTS) is 1.